The second kappa shape index (κ2) is 4.22. The largest absolute Gasteiger partial charge is 0.396 e. The van der Waals surface area contributed by atoms with Gasteiger partial charge in [-0.05, 0) is 25.5 Å². The summed E-state index contributed by atoms with van der Waals surface area (Å²) in [6.07, 6.45) is 2.16. The van der Waals surface area contributed by atoms with Crippen molar-refractivity contribution in [2.24, 2.45) is 5.92 Å². The Labute approximate surface area is 94.9 Å². The van der Waals surface area contributed by atoms with E-state index in [1.54, 1.807) is 11.1 Å². The summed E-state index contributed by atoms with van der Waals surface area (Å²) < 4.78 is 0. The van der Waals surface area contributed by atoms with E-state index >= 15 is 0 Å². The van der Waals surface area contributed by atoms with Gasteiger partial charge in [0, 0.05) is 31.2 Å². The molecule has 2 rings (SSSR count). The van der Waals surface area contributed by atoms with Crippen LogP contribution in [0.25, 0.3) is 0 Å². The molecule has 1 fully saturated rings. The van der Waals surface area contributed by atoms with Crippen LogP contribution >= 0.6 is 0 Å². The van der Waals surface area contributed by atoms with Gasteiger partial charge in [-0.25, -0.2) is 0 Å². The van der Waals surface area contributed by atoms with Crippen molar-refractivity contribution in [3.8, 4) is 0 Å². The second-order valence-corrected chi connectivity index (χ2v) is 4.35. The third-order valence-electron chi connectivity index (χ3n) is 3.10. The van der Waals surface area contributed by atoms with Crippen molar-refractivity contribution in [3.63, 3.8) is 0 Å². The third-order valence-corrected chi connectivity index (χ3v) is 3.10. The van der Waals surface area contributed by atoms with Gasteiger partial charge in [0.05, 0.1) is 11.9 Å². The minimum Gasteiger partial charge on any atom is -0.396 e. The lowest BCUT2D eigenvalue weighted by atomic mass is 10.1. The Morgan fingerprint density at radius 3 is 2.88 bits per heavy atom. The highest BCUT2D eigenvalue weighted by Crippen LogP contribution is 2.25. The standard InChI is InChI=1S/C12H16N2O2/c1-8-3-11(5-13-9(8)2)14-6-10(7-15)4-12(14)16/h3,5,10,15H,4,6-7H2,1-2H3. The number of carbonyl (C=O) groups excluding carboxylic acids is 1. The van der Waals surface area contributed by atoms with Crippen LogP contribution in [0, 0.1) is 19.8 Å². The van der Waals surface area contributed by atoms with Gasteiger partial charge < -0.3 is 10.0 Å². The van der Waals surface area contributed by atoms with Crippen molar-refractivity contribution in [3.05, 3.63) is 23.5 Å². The number of anilines is 1. The van der Waals surface area contributed by atoms with Crippen molar-refractivity contribution in [2.75, 3.05) is 18.1 Å². The van der Waals surface area contributed by atoms with Crippen LogP contribution in [0.1, 0.15) is 17.7 Å². The first-order valence-electron chi connectivity index (χ1n) is 5.46. The summed E-state index contributed by atoms with van der Waals surface area (Å²) >= 11 is 0. The molecule has 1 atom stereocenters. The van der Waals surface area contributed by atoms with Gasteiger partial charge in [-0.2, -0.15) is 0 Å². The molecule has 4 nitrogen and oxygen atoms in total. The Morgan fingerprint density at radius 2 is 2.31 bits per heavy atom. The van der Waals surface area contributed by atoms with Crippen molar-refractivity contribution in [1.82, 2.24) is 4.98 Å². The van der Waals surface area contributed by atoms with E-state index in [0.29, 0.717) is 13.0 Å². The van der Waals surface area contributed by atoms with Gasteiger partial charge in [-0.3, -0.25) is 9.78 Å². The lowest BCUT2D eigenvalue weighted by Gasteiger charge is -2.17. The average Bonchev–Trinajstić information content (AvgIpc) is 2.64. The zero-order valence-corrected chi connectivity index (χ0v) is 9.60. The van der Waals surface area contributed by atoms with Crippen LogP contribution in [0.15, 0.2) is 12.3 Å². The van der Waals surface area contributed by atoms with Crippen molar-refractivity contribution in [1.29, 1.82) is 0 Å². The highest BCUT2D eigenvalue weighted by molar-refractivity contribution is 5.95. The fourth-order valence-corrected chi connectivity index (χ4v) is 1.93. The van der Waals surface area contributed by atoms with E-state index in [9.17, 15) is 4.79 Å². The molecule has 0 aliphatic carbocycles. The van der Waals surface area contributed by atoms with Gasteiger partial charge in [0.1, 0.15) is 0 Å². The molecule has 0 bridgehead atoms. The topological polar surface area (TPSA) is 53.4 Å². The first-order valence-corrected chi connectivity index (χ1v) is 5.46. The monoisotopic (exact) mass is 220 g/mol. The molecule has 2 heterocycles. The SMILES string of the molecule is Cc1cc(N2CC(CO)CC2=O)cnc1C. The molecule has 0 radical (unpaired) electrons. The average molecular weight is 220 g/mol. The van der Waals surface area contributed by atoms with E-state index < -0.39 is 0 Å². The number of hydrogen-bond acceptors (Lipinski definition) is 3. The molecule has 0 aromatic carbocycles. The van der Waals surface area contributed by atoms with Crippen molar-refractivity contribution >= 4 is 11.6 Å². The summed E-state index contributed by atoms with van der Waals surface area (Å²) in [4.78, 5) is 17.7. The molecule has 0 saturated carbocycles. The van der Waals surface area contributed by atoms with E-state index in [1.807, 2.05) is 19.9 Å². The number of hydrogen-bond donors (Lipinski definition) is 1. The molecule has 1 aliphatic heterocycles. The van der Waals surface area contributed by atoms with E-state index in [1.165, 1.54) is 0 Å². The van der Waals surface area contributed by atoms with Crippen LogP contribution < -0.4 is 4.90 Å². The molecular formula is C12H16N2O2. The van der Waals surface area contributed by atoms with Crippen LogP contribution in [0.3, 0.4) is 0 Å². The normalized spacial score (nSPS) is 20.6. The zero-order valence-electron chi connectivity index (χ0n) is 9.60. The van der Waals surface area contributed by atoms with Gasteiger partial charge in [0.25, 0.3) is 0 Å². The maximum Gasteiger partial charge on any atom is 0.227 e. The molecule has 0 spiro atoms. The predicted molar refractivity (Wildman–Crippen MR) is 61.3 cm³/mol. The fourth-order valence-electron chi connectivity index (χ4n) is 1.93. The van der Waals surface area contributed by atoms with Crippen molar-refractivity contribution < 1.29 is 9.90 Å². The van der Waals surface area contributed by atoms with E-state index in [-0.39, 0.29) is 18.4 Å². The number of aryl methyl sites for hydroxylation is 2. The van der Waals surface area contributed by atoms with Crippen LogP contribution in [0.5, 0.6) is 0 Å². The van der Waals surface area contributed by atoms with Crippen LogP contribution in [-0.2, 0) is 4.79 Å². The number of rotatable bonds is 2. The van der Waals surface area contributed by atoms with E-state index in [4.69, 9.17) is 5.11 Å². The summed E-state index contributed by atoms with van der Waals surface area (Å²) in [5, 5.41) is 9.05. The number of nitrogens with zero attached hydrogens (tertiary/aromatic N) is 2. The first-order chi connectivity index (χ1) is 7.61. The Bertz CT molecular complexity index is 417. The number of carbonyl (C=O) groups is 1. The minimum absolute atomic E-state index is 0.0640. The number of amides is 1. The van der Waals surface area contributed by atoms with Crippen molar-refractivity contribution in [2.45, 2.75) is 20.3 Å². The quantitative estimate of drug-likeness (QED) is 0.810. The third kappa shape index (κ3) is 1.93. The maximum absolute atomic E-state index is 11.7. The Balaban J connectivity index is 2.24. The number of aliphatic hydroxyl groups excluding tert-OH is 1. The van der Waals surface area contributed by atoms with E-state index in [0.717, 1.165) is 16.9 Å². The molecule has 1 N–H and O–H groups in total. The highest BCUT2D eigenvalue weighted by atomic mass is 16.3. The fraction of sp³-hybridized carbons (Fsp3) is 0.500. The number of aliphatic hydroxyl groups is 1. The Morgan fingerprint density at radius 1 is 1.56 bits per heavy atom. The van der Waals surface area contributed by atoms with Crippen LogP contribution in [0.2, 0.25) is 0 Å². The molecule has 1 amide bonds. The summed E-state index contributed by atoms with van der Waals surface area (Å²) in [5.41, 5.74) is 2.90. The zero-order chi connectivity index (χ0) is 11.7. The molecule has 4 heteroatoms. The molecule has 16 heavy (non-hydrogen) atoms. The van der Waals surface area contributed by atoms with Gasteiger partial charge in [-0.1, -0.05) is 0 Å². The predicted octanol–water partition coefficient (Wildman–Crippen LogP) is 1.04. The molecule has 1 aromatic heterocycles. The maximum atomic E-state index is 11.7. The lowest BCUT2D eigenvalue weighted by molar-refractivity contribution is -0.117. The van der Waals surface area contributed by atoms with Gasteiger partial charge in [-0.15, -0.1) is 0 Å². The molecule has 1 aliphatic rings. The van der Waals surface area contributed by atoms with Gasteiger partial charge in [0.15, 0.2) is 0 Å². The van der Waals surface area contributed by atoms with Crippen LogP contribution in [0.4, 0.5) is 5.69 Å². The Hall–Kier alpha value is -1.42. The van der Waals surface area contributed by atoms with E-state index in [2.05, 4.69) is 4.98 Å². The summed E-state index contributed by atoms with van der Waals surface area (Å²) in [5.74, 6) is 0.137. The summed E-state index contributed by atoms with van der Waals surface area (Å²) in [6, 6.07) is 1.97. The highest BCUT2D eigenvalue weighted by Gasteiger charge is 2.30. The molecular weight excluding hydrogens is 204 g/mol. The first kappa shape index (κ1) is 11.1. The number of pyridine rings is 1. The molecule has 1 saturated heterocycles. The Kier molecular flexibility index (Phi) is 2.92. The lowest BCUT2D eigenvalue weighted by Crippen LogP contribution is -2.25. The van der Waals surface area contributed by atoms with Crippen LogP contribution in [-0.4, -0.2) is 29.1 Å². The molecule has 86 valence electrons. The summed E-state index contributed by atoms with van der Waals surface area (Å²) in [6.45, 7) is 4.59. The summed E-state index contributed by atoms with van der Waals surface area (Å²) in [7, 11) is 0. The second-order valence-electron chi connectivity index (χ2n) is 4.35. The van der Waals surface area contributed by atoms with Gasteiger partial charge >= 0.3 is 0 Å². The number of aromatic nitrogens is 1. The molecule has 1 aromatic rings. The minimum atomic E-state index is 0.0640. The van der Waals surface area contributed by atoms with Gasteiger partial charge in [0.2, 0.25) is 5.91 Å². The molecule has 1 unspecified atom stereocenters. The smallest absolute Gasteiger partial charge is 0.227 e.